The van der Waals surface area contributed by atoms with Gasteiger partial charge < -0.3 is 5.73 Å². The molecule has 0 fully saturated rings. The quantitative estimate of drug-likeness (QED) is 0.846. The molecular weight excluding hydrogens is 210 g/mol. The molecule has 0 atom stereocenters. The van der Waals surface area contributed by atoms with Crippen molar-refractivity contribution in [3.8, 4) is 5.69 Å². The third-order valence-electron chi connectivity index (χ3n) is 2.20. The summed E-state index contributed by atoms with van der Waals surface area (Å²) in [5, 5.41) is 4.91. The van der Waals surface area contributed by atoms with Gasteiger partial charge in [-0.1, -0.05) is 23.7 Å². The number of hydrogen-bond acceptors (Lipinski definition) is 2. The Labute approximate surface area is 93.5 Å². The van der Waals surface area contributed by atoms with Crippen LogP contribution in [0.25, 0.3) is 5.69 Å². The van der Waals surface area contributed by atoms with Crippen molar-refractivity contribution >= 4 is 11.6 Å². The molecule has 2 N–H and O–H groups in total. The summed E-state index contributed by atoms with van der Waals surface area (Å²) in [6, 6.07) is 9.70. The summed E-state index contributed by atoms with van der Waals surface area (Å²) in [6.07, 6.45) is 0. The topological polar surface area (TPSA) is 43.8 Å². The predicted molar refractivity (Wildman–Crippen MR) is 61.2 cm³/mol. The molecule has 0 unspecified atom stereocenters. The number of nitrogens with two attached hydrogens (primary N) is 1. The smallest absolute Gasteiger partial charge is 0.133 e. The Hall–Kier alpha value is -1.32. The molecule has 2 rings (SSSR count). The first-order valence-electron chi connectivity index (χ1n) is 4.72. The van der Waals surface area contributed by atoms with Gasteiger partial charge in [0.25, 0.3) is 0 Å². The summed E-state index contributed by atoms with van der Waals surface area (Å²) < 4.78 is 1.71. The molecule has 1 aromatic heterocycles. The SMILES string of the molecule is Cc1cc(Cl)n(-c2ccc(CN)cc2)n1. The number of rotatable bonds is 2. The zero-order valence-electron chi connectivity index (χ0n) is 8.44. The van der Waals surface area contributed by atoms with E-state index in [0.29, 0.717) is 11.7 Å². The molecule has 2 aromatic rings. The summed E-state index contributed by atoms with van der Waals surface area (Å²) in [6.45, 7) is 2.46. The third kappa shape index (κ3) is 2.03. The first-order valence-corrected chi connectivity index (χ1v) is 5.10. The first-order chi connectivity index (χ1) is 7.20. The van der Waals surface area contributed by atoms with Crippen LogP contribution in [0.15, 0.2) is 30.3 Å². The maximum Gasteiger partial charge on any atom is 0.133 e. The van der Waals surface area contributed by atoms with Crippen LogP contribution < -0.4 is 5.73 Å². The highest BCUT2D eigenvalue weighted by Crippen LogP contribution is 2.17. The molecule has 1 aromatic carbocycles. The van der Waals surface area contributed by atoms with Gasteiger partial charge in [0.1, 0.15) is 5.15 Å². The van der Waals surface area contributed by atoms with Crippen molar-refractivity contribution in [2.75, 3.05) is 0 Å². The lowest BCUT2D eigenvalue weighted by molar-refractivity contribution is 0.862. The Bertz CT molecular complexity index is 459. The monoisotopic (exact) mass is 221 g/mol. The molecule has 15 heavy (non-hydrogen) atoms. The average molecular weight is 222 g/mol. The third-order valence-corrected chi connectivity index (χ3v) is 2.47. The summed E-state index contributed by atoms with van der Waals surface area (Å²) in [5.74, 6) is 0. The van der Waals surface area contributed by atoms with Crippen LogP contribution in [0, 0.1) is 6.92 Å². The molecule has 0 aliphatic carbocycles. The van der Waals surface area contributed by atoms with Gasteiger partial charge in [-0.05, 0) is 30.7 Å². The van der Waals surface area contributed by atoms with Gasteiger partial charge in [-0.15, -0.1) is 0 Å². The number of nitrogens with zero attached hydrogens (tertiary/aromatic N) is 2. The number of benzene rings is 1. The van der Waals surface area contributed by atoms with Crippen LogP contribution in [0.1, 0.15) is 11.3 Å². The fraction of sp³-hybridized carbons (Fsp3) is 0.182. The molecule has 0 amide bonds. The van der Waals surface area contributed by atoms with E-state index in [1.165, 1.54) is 0 Å². The van der Waals surface area contributed by atoms with Crippen molar-refractivity contribution in [1.82, 2.24) is 9.78 Å². The van der Waals surface area contributed by atoms with Gasteiger partial charge in [-0.2, -0.15) is 5.10 Å². The van der Waals surface area contributed by atoms with Crippen LogP contribution in [0.3, 0.4) is 0 Å². The van der Waals surface area contributed by atoms with Crippen molar-refractivity contribution in [2.45, 2.75) is 13.5 Å². The second-order valence-electron chi connectivity index (χ2n) is 3.39. The minimum atomic E-state index is 0.548. The Morgan fingerprint density at radius 2 is 2.00 bits per heavy atom. The van der Waals surface area contributed by atoms with Gasteiger partial charge in [-0.25, -0.2) is 4.68 Å². The molecule has 0 aliphatic rings. The highest BCUT2D eigenvalue weighted by molar-refractivity contribution is 6.29. The standard InChI is InChI=1S/C11H12ClN3/c1-8-6-11(12)15(14-8)10-4-2-9(7-13)3-5-10/h2-6H,7,13H2,1H3. The van der Waals surface area contributed by atoms with Crippen LogP contribution in [0.5, 0.6) is 0 Å². The molecule has 4 heteroatoms. The van der Waals surface area contributed by atoms with Crippen LogP contribution in [0.2, 0.25) is 5.15 Å². The van der Waals surface area contributed by atoms with Gasteiger partial charge >= 0.3 is 0 Å². The first kappa shape index (κ1) is 10.2. The summed E-state index contributed by atoms with van der Waals surface area (Å²) in [4.78, 5) is 0. The molecular formula is C11H12ClN3. The van der Waals surface area contributed by atoms with Gasteiger partial charge in [0.05, 0.1) is 11.4 Å². The van der Waals surface area contributed by atoms with Crippen molar-refractivity contribution < 1.29 is 0 Å². The molecule has 0 aliphatic heterocycles. The second-order valence-corrected chi connectivity index (χ2v) is 3.78. The zero-order valence-corrected chi connectivity index (χ0v) is 9.20. The highest BCUT2D eigenvalue weighted by atomic mass is 35.5. The van der Waals surface area contributed by atoms with Crippen LogP contribution in [0.4, 0.5) is 0 Å². The second kappa shape index (κ2) is 4.04. The number of hydrogen-bond donors (Lipinski definition) is 1. The summed E-state index contributed by atoms with van der Waals surface area (Å²) >= 11 is 6.03. The Kier molecular flexibility index (Phi) is 2.75. The van der Waals surface area contributed by atoms with E-state index in [-0.39, 0.29) is 0 Å². The Morgan fingerprint density at radius 3 is 2.47 bits per heavy atom. The molecule has 3 nitrogen and oxygen atoms in total. The van der Waals surface area contributed by atoms with Crippen molar-refractivity contribution in [3.05, 3.63) is 46.7 Å². The lowest BCUT2D eigenvalue weighted by Crippen LogP contribution is -1.99. The van der Waals surface area contributed by atoms with Crippen molar-refractivity contribution in [1.29, 1.82) is 0 Å². The van der Waals surface area contributed by atoms with E-state index in [9.17, 15) is 0 Å². The maximum atomic E-state index is 6.03. The van der Waals surface area contributed by atoms with Crippen molar-refractivity contribution in [3.63, 3.8) is 0 Å². The molecule has 0 saturated heterocycles. The van der Waals surface area contributed by atoms with Gasteiger partial charge in [0.2, 0.25) is 0 Å². The molecule has 0 bridgehead atoms. The lowest BCUT2D eigenvalue weighted by Gasteiger charge is -2.03. The maximum absolute atomic E-state index is 6.03. The molecule has 0 spiro atoms. The van der Waals surface area contributed by atoms with Crippen LogP contribution in [-0.2, 0) is 6.54 Å². The predicted octanol–water partition coefficient (Wildman–Crippen LogP) is 2.29. The van der Waals surface area contributed by atoms with Crippen molar-refractivity contribution in [2.24, 2.45) is 5.73 Å². The minimum Gasteiger partial charge on any atom is -0.326 e. The minimum absolute atomic E-state index is 0.548. The fourth-order valence-electron chi connectivity index (χ4n) is 1.42. The van der Waals surface area contributed by atoms with E-state index in [1.54, 1.807) is 4.68 Å². The van der Waals surface area contributed by atoms with E-state index >= 15 is 0 Å². The Balaban J connectivity index is 2.41. The molecule has 0 saturated carbocycles. The van der Waals surface area contributed by atoms with Crippen LogP contribution >= 0.6 is 11.6 Å². The number of aromatic nitrogens is 2. The number of halogens is 1. The van der Waals surface area contributed by atoms with Gasteiger partial charge in [0.15, 0.2) is 0 Å². The van der Waals surface area contributed by atoms with E-state index in [2.05, 4.69) is 5.10 Å². The van der Waals surface area contributed by atoms with E-state index < -0.39 is 0 Å². The summed E-state index contributed by atoms with van der Waals surface area (Å²) in [5.41, 5.74) is 8.47. The average Bonchev–Trinajstić information content (AvgIpc) is 2.58. The lowest BCUT2D eigenvalue weighted by atomic mass is 10.2. The molecule has 0 radical (unpaired) electrons. The normalized spacial score (nSPS) is 10.6. The van der Waals surface area contributed by atoms with E-state index in [4.69, 9.17) is 17.3 Å². The number of aryl methyl sites for hydroxylation is 1. The van der Waals surface area contributed by atoms with E-state index in [0.717, 1.165) is 16.9 Å². The van der Waals surface area contributed by atoms with E-state index in [1.807, 2.05) is 37.3 Å². The zero-order chi connectivity index (χ0) is 10.8. The van der Waals surface area contributed by atoms with Crippen LogP contribution in [-0.4, -0.2) is 9.78 Å². The summed E-state index contributed by atoms with van der Waals surface area (Å²) in [7, 11) is 0. The molecule has 78 valence electrons. The Morgan fingerprint density at radius 1 is 1.33 bits per heavy atom. The van der Waals surface area contributed by atoms with Gasteiger partial charge in [-0.3, -0.25) is 0 Å². The largest absolute Gasteiger partial charge is 0.326 e. The highest BCUT2D eigenvalue weighted by Gasteiger charge is 2.04. The fourth-order valence-corrected chi connectivity index (χ4v) is 1.72. The van der Waals surface area contributed by atoms with Gasteiger partial charge in [0, 0.05) is 6.54 Å². The molecule has 1 heterocycles.